The van der Waals surface area contributed by atoms with Gasteiger partial charge in [-0.15, -0.1) is 0 Å². The first-order valence-corrected chi connectivity index (χ1v) is 6.94. The molecule has 2 rings (SSSR count). The summed E-state index contributed by atoms with van der Waals surface area (Å²) in [6.45, 7) is 0. The first-order valence-electron chi connectivity index (χ1n) is 5.24. The van der Waals surface area contributed by atoms with Crippen LogP contribution in [0.2, 0.25) is 5.02 Å². The molecule has 0 heterocycles. The van der Waals surface area contributed by atoms with Gasteiger partial charge >= 0.3 is 0 Å². The third-order valence-electron chi connectivity index (χ3n) is 2.43. The number of benzene rings is 2. The first-order chi connectivity index (χ1) is 8.56. The van der Waals surface area contributed by atoms with E-state index in [9.17, 15) is 8.60 Å². The molecular formula is C13H11ClFNOS. The molecule has 0 bridgehead atoms. The van der Waals surface area contributed by atoms with Crippen LogP contribution in [0.3, 0.4) is 0 Å². The monoisotopic (exact) mass is 283 g/mol. The first kappa shape index (κ1) is 13.1. The summed E-state index contributed by atoms with van der Waals surface area (Å²) >= 11 is 5.77. The Bertz CT molecular complexity index is 586. The van der Waals surface area contributed by atoms with Crippen molar-refractivity contribution in [3.05, 3.63) is 58.9 Å². The fraction of sp³-hybridized carbons (Fsp3) is 0.0769. The van der Waals surface area contributed by atoms with E-state index in [4.69, 9.17) is 17.3 Å². The summed E-state index contributed by atoms with van der Waals surface area (Å²) in [5.74, 6) is -0.104. The van der Waals surface area contributed by atoms with Gasteiger partial charge < -0.3 is 5.73 Å². The van der Waals surface area contributed by atoms with Crippen LogP contribution in [0.4, 0.5) is 10.1 Å². The van der Waals surface area contributed by atoms with E-state index in [-0.39, 0.29) is 5.69 Å². The molecule has 1 atom stereocenters. The van der Waals surface area contributed by atoms with Crippen molar-refractivity contribution < 1.29 is 8.60 Å². The van der Waals surface area contributed by atoms with Crippen molar-refractivity contribution in [3.63, 3.8) is 0 Å². The van der Waals surface area contributed by atoms with E-state index >= 15 is 0 Å². The van der Waals surface area contributed by atoms with Gasteiger partial charge in [-0.3, -0.25) is 4.21 Å². The zero-order chi connectivity index (χ0) is 13.1. The zero-order valence-corrected chi connectivity index (χ0v) is 11.0. The van der Waals surface area contributed by atoms with Crippen molar-refractivity contribution in [1.29, 1.82) is 0 Å². The van der Waals surface area contributed by atoms with E-state index in [0.29, 0.717) is 15.7 Å². The summed E-state index contributed by atoms with van der Waals surface area (Å²) in [5, 5.41) is 0.630. The Morgan fingerprint density at radius 2 is 1.83 bits per heavy atom. The summed E-state index contributed by atoms with van der Waals surface area (Å²) in [6, 6.07) is 11.0. The molecule has 2 aromatic carbocycles. The average Bonchev–Trinajstić information content (AvgIpc) is 2.32. The molecule has 18 heavy (non-hydrogen) atoms. The van der Waals surface area contributed by atoms with Crippen LogP contribution < -0.4 is 5.73 Å². The van der Waals surface area contributed by atoms with E-state index in [1.807, 2.05) is 0 Å². The van der Waals surface area contributed by atoms with Gasteiger partial charge in [0.2, 0.25) is 0 Å². The highest BCUT2D eigenvalue weighted by atomic mass is 35.5. The van der Waals surface area contributed by atoms with Crippen molar-refractivity contribution in [3.8, 4) is 0 Å². The van der Waals surface area contributed by atoms with E-state index in [1.165, 1.54) is 18.2 Å². The smallest absolute Gasteiger partial charge is 0.125 e. The van der Waals surface area contributed by atoms with Gasteiger partial charge in [0, 0.05) is 5.02 Å². The van der Waals surface area contributed by atoms with Crippen molar-refractivity contribution in [1.82, 2.24) is 0 Å². The number of hydrogen-bond donors (Lipinski definition) is 1. The number of anilines is 1. The van der Waals surface area contributed by atoms with Crippen molar-refractivity contribution in [2.75, 3.05) is 5.73 Å². The Balaban J connectivity index is 2.19. The Kier molecular flexibility index (Phi) is 3.99. The molecule has 0 saturated heterocycles. The summed E-state index contributed by atoms with van der Waals surface area (Å²) in [5.41, 5.74) is 6.75. The van der Waals surface area contributed by atoms with Gasteiger partial charge in [0.1, 0.15) is 5.82 Å². The number of rotatable bonds is 3. The van der Waals surface area contributed by atoms with Gasteiger partial charge in [-0.05, 0) is 35.9 Å². The van der Waals surface area contributed by atoms with Crippen LogP contribution in [0.25, 0.3) is 0 Å². The predicted molar refractivity (Wildman–Crippen MR) is 72.4 cm³/mol. The molecule has 2 aromatic rings. The molecule has 0 amide bonds. The van der Waals surface area contributed by atoms with E-state index in [1.54, 1.807) is 24.3 Å². The van der Waals surface area contributed by atoms with Gasteiger partial charge in [-0.1, -0.05) is 23.7 Å². The minimum Gasteiger partial charge on any atom is -0.398 e. The van der Waals surface area contributed by atoms with E-state index in [2.05, 4.69) is 0 Å². The minimum atomic E-state index is -1.30. The second-order valence-corrected chi connectivity index (χ2v) is 5.65. The van der Waals surface area contributed by atoms with Gasteiger partial charge in [0.15, 0.2) is 0 Å². The normalized spacial score (nSPS) is 12.3. The quantitative estimate of drug-likeness (QED) is 0.878. The van der Waals surface area contributed by atoms with Crippen molar-refractivity contribution in [2.24, 2.45) is 0 Å². The molecule has 2 N–H and O–H groups in total. The highest BCUT2D eigenvalue weighted by molar-refractivity contribution is 7.84. The van der Waals surface area contributed by atoms with E-state index in [0.717, 1.165) is 5.56 Å². The van der Waals surface area contributed by atoms with Crippen LogP contribution in [0, 0.1) is 5.82 Å². The fourth-order valence-corrected chi connectivity index (χ4v) is 2.85. The standard InChI is InChI=1S/C13H11ClFNOS/c14-10-3-1-9(2-4-10)8-18(17)13-6-5-11(15)7-12(13)16/h1-7H,8,16H2. The highest BCUT2D eigenvalue weighted by Gasteiger charge is 2.09. The maximum Gasteiger partial charge on any atom is 0.125 e. The third kappa shape index (κ3) is 3.09. The molecule has 2 nitrogen and oxygen atoms in total. The molecule has 0 aliphatic carbocycles. The van der Waals surface area contributed by atoms with E-state index < -0.39 is 16.6 Å². The molecule has 1 unspecified atom stereocenters. The zero-order valence-electron chi connectivity index (χ0n) is 9.40. The van der Waals surface area contributed by atoms with Crippen LogP contribution in [0.15, 0.2) is 47.4 Å². The molecule has 0 aliphatic rings. The average molecular weight is 284 g/mol. The second-order valence-electron chi connectivity index (χ2n) is 3.80. The maximum absolute atomic E-state index is 12.9. The largest absolute Gasteiger partial charge is 0.398 e. The number of nitrogen functional groups attached to an aromatic ring is 1. The molecule has 0 radical (unpaired) electrons. The lowest BCUT2D eigenvalue weighted by atomic mass is 10.2. The van der Waals surface area contributed by atoms with Crippen molar-refractivity contribution in [2.45, 2.75) is 10.6 Å². The summed E-state index contributed by atoms with van der Waals surface area (Å²) < 4.78 is 25.0. The minimum absolute atomic E-state index is 0.210. The Labute approximate surface area is 112 Å². The third-order valence-corrected chi connectivity index (χ3v) is 4.14. The van der Waals surface area contributed by atoms with Gasteiger partial charge in [-0.2, -0.15) is 0 Å². The molecule has 0 saturated carbocycles. The molecular weight excluding hydrogens is 273 g/mol. The lowest BCUT2D eigenvalue weighted by Gasteiger charge is -2.06. The molecule has 0 aliphatic heterocycles. The number of halogens is 2. The SMILES string of the molecule is Nc1cc(F)ccc1S(=O)Cc1ccc(Cl)cc1. The summed E-state index contributed by atoms with van der Waals surface area (Å²) in [7, 11) is -1.30. The van der Waals surface area contributed by atoms with Crippen LogP contribution in [0.5, 0.6) is 0 Å². The lowest BCUT2D eigenvalue weighted by Crippen LogP contribution is -2.01. The topological polar surface area (TPSA) is 43.1 Å². The highest BCUT2D eigenvalue weighted by Crippen LogP contribution is 2.20. The van der Waals surface area contributed by atoms with Gasteiger partial charge in [0.25, 0.3) is 0 Å². The summed E-state index contributed by atoms with van der Waals surface area (Å²) in [4.78, 5) is 0.450. The van der Waals surface area contributed by atoms with Crippen molar-refractivity contribution >= 4 is 28.1 Å². The molecule has 0 aromatic heterocycles. The van der Waals surface area contributed by atoms with Crippen LogP contribution in [-0.4, -0.2) is 4.21 Å². The Morgan fingerprint density at radius 1 is 1.17 bits per heavy atom. The Hall–Kier alpha value is -1.39. The van der Waals surface area contributed by atoms with Gasteiger partial charge in [0.05, 0.1) is 27.1 Å². The molecule has 94 valence electrons. The van der Waals surface area contributed by atoms with Crippen LogP contribution >= 0.6 is 11.6 Å². The maximum atomic E-state index is 12.9. The van der Waals surface area contributed by atoms with Crippen LogP contribution in [0.1, 0.15) is 5.56 Å². The second kappa shape index (κ2) is 5.50. The summed E-state index contributed by atoms with van der Waals surface area (Å²) in [6.07, 6.45) is 0. The Morgan fingerprint density at radius 3 is 2.44 bits per heavy atom. The number of nitrogens with two attached hydrogens (primary N) is 1. The molecule has 0 spiro atoms. The molecule has 0 fully saturated rings. The number of hydrogen-bond acceptors (Lipinski definition) is 2. The fourth-order valence-electron chi connectivity index (χ4n) is 1.54. The van der Waals surface area contributed by atoms with Gasteiger partial charge in [-0.25, -0.2) is 4.39 Å². The van der Waals surface area contributed by atoms with Crippen LogP contribution in [-0.2, 0) is 16.6 Å². The molecule has 5 heteroatoms. The predicted octanol–water partition coefficient (Wildman–Crippen LogP) is 3.37. The lowest BCUT2D eigenvalue weighted by molar-refractivity contribution is 0.627.